The second-order valence-corrected chi connectivity index (χ2v) is 4.18. The van der Waals surface area contributed by atoms with E-state index in [1.165, 1.54) is 5.56 Å². The van der Waals surface area contributed by atoms with Crippen molar-refractivity contribution in [2.24, 2.45) is 0 Å². The summed E-state index contributed by atoms with van der Waals surface area (Å²) < 4.78 is 5.75. The highest BCUT2D eigenvalue weighted by atomic mass is 16.5. The maximum Gasteiger partial charge on any atom is 0.0720 e. The van der Waals surface area contributed by atoms with Crippen molar-refractivity contribution < 1.29 is 9.84 Å². The second-order valence-electron chi connectivity index (χ2n) is 4.18. The maximum atomic E-state index is 8.65. The molecule has 0 spiro atoms. The van der Waals surface area contributed by atoms with Crippen molar-refractivity contribution in [2.75, 3.05) is 6.61 Å². The molecule has 0 aliphatic heterocycles. The van der Waals surface area contributed by atoms with Crippen LogP contribution in [0.4, 0.5) is 0 Å². The minimum Gasteiger partial charge on any atom is -0.396 e. The van der Waals surface area contributed by atoms with E-state index >= 15 is 0 Å². The van der Waals surface area contributed by atoms with Gasteiger partial charge in [0.2, 0.25) is 0 Å². The van der Waals surface area contributed by atoms with Crippen LogP contribution in [-0.4, -0.2) is 17.8 Å². The minimum absolute atomic E-state index is 0.305. The number of aliphatic hydroxyl groups excluding tert-OH is 1. The van der Waals surface area contributed by atoms with Crippen molar-refractivity contribution in [3.05, 3.63) is 35.9 Å². The summed E-state index contributed by atoms with van der Waals surface area (Å²) in [5.41, 5.74) is 1.23. The van der Waals surface area contributed by atoms with Crippen LogP contribution in [0.15, 0.2) is 30.3 Å². The fourth-order valence-electron chi connectivity index (χ4n) is 1.62. The van der Waals surface area contributed by atoms with Crippen LogP contribution in [0, 0.1) is 0 Å². The molecule has 90 valence electrons. The van der Waals surface area contributed by atoms with E-state index in [1.54, 1.807) is 0 Å². The maximum absolute atomic E-state index is 8.65. The first kappa shape index (κ1) is 13.2. The van der Waals surface area contributed by atoms with Crippen LogP contribution in [0.3, 0.4) is 0 Å². The highest BCUT2D eigenvalue weighted by Crippen LogP contribution is 2.09. The molecule has 0 amide bonds. The first-order valence-corrected chi connectivity index (χ1v) is 6.09. The molecule has 0 radical (unpaired) electrons. The third-order valence-electron chi connectivity index (χ3n) is 2.65. The summed E-state index contributed by atoms with van der Waals surface area (Å²) in [5, 5.41) is 8.65. The molecule has 0 aromatic heterocycles. The molecule has 2 nitrogen and oxygen atoms in total. The van der Waals surface area contributed by atoms with E-state index in [9.17, 15) is 0 Å². The average molecular weight is 222 g/mol. The van der Waals surface area contributed by atoms with Gasteiger partial charge in [-0.1, -0.05) is 43.2 Å². The Labute approximate surface area is 98.3 Å². The summed E-state index contributed by atoms with van der Waals surface area (Å²) >= 11 is 0. The molecular formula is C14H22O2. The van der Waals surface area contributed by atoms with E-state index in [0.29, 0.717) is 19.3 Å². The van der Waals surface area contributed by atoms with E-state index in [1.807, 2.05) is 18.2 Å². The Kier molecular flexibility index (Phi) is 6.86. The Morgan fingerprint density at radius 1 is 1.12 bits per heavy atom. The van der Waals surface area contributed by atoms with Crippen molar-refractivity contribution in [3.63, 3.8) is 0 Å². The van der Waals surface area contributed by atoms with E-state index < -0.39 is 0 Å². The lowest BCUT2D eigenvalue weighted by molar-refractivity contribution is 0.0456. The van der Waals surface area contributed by atoms with Crippen LogP contribution in [0.1, 0.15) is 38.2 Å². The zero-order valence-corrected chi connectivity index (χ0v) is 10.1. The molecular weight excluding hydrogens is 200 g/mol. The Morgan fingerprint density at radius 3 is 2.56 bits per heavy atom. The van der Waals surface area contributed by atoms with Gasteiger partial charge < -0.3 is 9.84 Å². The van der Waals surface area contributed by atoms with Gasteiger partial charge in [-0.25, -0.2) is 0 Å². The third kappa shape index (κ3) is 5.89. The molecule has 16 heavy (non-hydrogen) atoms. The zero-order chi connectivity index (χ0) is 11.6. The van der Waals surface area contributed by atoms with Crippen molar-refractivity contribution in [2.45, 2.75) is 45.3 Å². The molecule has 0 heterocycles. The fraction of sp³-hybridized carbons (Fsp3) is 0.571. The van der Waals surface area contributed by atoms with Gasteiger partial charge in [0.1, 0.15) is 0 Å². The molecule has 0 aliphatic carbocycles. The average Bonchev–Trinajstić information content (AvgIpc) is 2.33. The molecule has 1 rings (SSSR count). The molecule has 1 N–H and O–H groups in total. The summed E-state index contributed by atoms with van der Waals surface area (Å²) in [4.78, 5) is 0. The normalized spacial score (nSPS) is 12.6. The summed E-state index contributed by atoms with van der Waals surface area (Å²) in [7, 11) is 0. The molecule has 0 aliphatic rings. The smallest absolute Gasteiger partial charge is 0.0720 e. The predicted molar refractivity (Wildman–Crippen MR) is 66.2 cm³/mol. The molecule has 2 heteroatoms. The number of ether oxygens (including phenoxy) is 1. The number of hydrogen-bond donors (Lipinski definition) is 1. The zero-order valence-electron chi connectivity index (χ0n) is 10.1. The standard InChI is InChI=1S/C14H22O2/c1-13(8-4-3-7-11-15)16-12-14-9-5-2-6-10-14/h2,5-6,9-10,13,15H,3-4,7-8,11-12H2,1H3. The van der Waals surface area contributed by atoms with Gasteiger partial charge in [0.15, 0.2) is 0 Å². The number of aliphatic hydroxyl groups is 1. The third-order valence-corrected chi connectivity index (χ3v) is 2.65. The van der Waals surface area contributed by atoms with Crippen LogP contribution in [0.25, 0.3) is 0 Å². The summed E-state index contributed by atoms with van der Waals surface area (Å²) in [6.07, 6.45) is 4.52. The lowest BCUT2D eigenvalue weighted by Gasteiger charge is -2.12. The number of benzene rings is 1. The predicted octanol–water partition coefficient (Wildman–Crippen LogP) is 3.14. The van der Waals surface area contributed by atoms with Gasteiger partial charge in [0.25, 0.3) is 0 Å². The topological polar surface area (TPSA) is 29.5 Å². The molecule has 0 bridgehead atoms. The quantitative estimate of drug-likeness (QED) is 0.685. The van der Waals surface area contributed by atoms with E-state index in [4.69, 9.17) is 9.84 Å². The highest BCUT2D eigenvalue weighted by Gasteiger charge is 2.02. The first-order valence-electron chi connectivity index (χ1n) is 6.09. The van der Waals surface area contributed by atoms with Crippen molar-refractivity contribution in [1.29, 1.82) is 0 Å². The van der Waals surface area contributed by atoms with E-state index in [2.05, 4.69) is 19.1 Å². The Morgan fingerprint density at radius 2 is 1.88 bits per heavy atom. The molecule has 0 saturated heterocycles. The first-order chi connectivity index (χ1) is 7.83. The van der Waals surface area contributed by atoms with Crippen molar-refractivity contribution in [3.8, 4) is 0 Å². The molecule has 1 atom stereocenters. The molecule has 1 aromatic carbocycles. The molecule has 0 fully saturated rings. The van der Waals surface area contributed by atoms with E-state index in [-0.39, 0.29) is 0 Å². The van der Waals surface area contributed by atoms with Crippen LogP contribution < -0.4 is 0 Å². The largest absolute Gasteiger partial charge is 0.396 e. The summed E-state index contributed by atoms with van der Waals surface area (Å²) in [6, 6.07) is 10.2. The van der Waals surface area contributed by atoms with Crippen LogP contribution in [0.5, 0.6) is 0 Å². The van der Waals surface area contributed by atoms with Gasteiger partial charge in [-0.2, -0.15) is 0 Å². The monoisotopic (exact) mass is 222 g/mol. The van der Waals surface area contributed by atoms with Crippen LogP contribution in [-0.2, 0) is 11.3 Å². The highest BCUT2D eigenvalue weighted by molar-refractivity contribution is 5.13. The van der Waals surface area contributed by atoms with Crippen molar-refractivity contribution in [1.82, 2.24) is 0 Å². The van der Waals surface area contributed by atoms with Gasteiger partial charge in [-0.05, 0) is 25.3 Å². The van der Waals surface area contributed by atoms with Gasteiger partial charge in [-0.15, -0.1) is 0 Å². The fourth-order valence-corrected chi connectivity index (χ4v) is 1.62. The number of hydrogen-bond acceptors (Lipinski definition) is 2. The molecule has 1 aromatic rings. The lowest BCUT2D eigenvalue weighted by atomic mass is 10.1. The Bertz CT molecular complexity index is 259. The Hall–Kier alpha value is -0.860. The van der Waals surface area contributed by atoms with Crippen molar-refractivity contribution >= 4 is 0 Å². The number of rotatable bonds is 8. The number of unbranched alkanes of at least 4 members (excludes halogenated alkanes) is 2. The van der Waals surface area contributed by atoms with Gasteiger partial charge in [-0.3, -0.25) is 0 Å². The SMILES string of the molecule is CC(CCCCCO)OCc1ccccc1. The summed E-state index contributed by atoms with van der Waals surface area (Å²) in [6.45, 7) is 3.11. The lowest BCUT2D eigenvalue weighted by Crippen LogP contribution is -2.08. The van der Waals surface area contributed by atoms with Crippen LogP contribution >= 0.6 is 0 Å². The van der Waals surface area contributed by atoms with Gasteiger partial charge in [0, 0.05) is 6.61 Å². The molecule has 1 unspecified atom stereocenters. The Balaban J connectivity index is 2.08. The summed E-state index contributed by atoms with van der Waals surface area (Å²) in [5.74, 6) is 0. The minimum atomic E-state index is 0.305. The van der Waals surface area contributed by atoms with Crippen LogP contribution in [0.2, 0.25) is 0 Å². The molecule has 0 saturated carbocycles. The van der Waals surface area contributed by atoms with Gasteiger partial charge >= 0.3 is 0 Å². The van der Waals surface area contributed by atoms with Gasteiger partial charge in [0.05, 0.1) is 12.7 Å². The second kappa shape index (κ2) is 8.31. The van der Waals surface area contributed by atoms with E-state index in [0.717, 1.165) is 25.7 Å².